The van der Waals surface area contributed by atoms with Crippen molar-refractivity contribution in [2.24, 2.45) is 96.5 Å². The number of nitrogens with one attached hydrogen (secondary N) is 11. The third kappa shape index (κ3) is 42.5. The van der Waals surface area contributed by atoms with Crippen molar-refractivity contribution in [2.75, 3.05) is 58.9 Å². The number of carboxylic acid groups (broad SMARTS) is 3. The van der Waals surface area contributed by atoms with E-state index in [9.17, 15) is 120 Å². The zero-order valence-electron chi connectivity index (χ0n) is 76.8. The number of amides is 11. The molecule has 28 N–H and O–H groups in total. The molecule has 139 heavy (non-hydrogen) atoms. The first kappa shape index (κ1) is 113. The number of carbonyl (C=O) groups excluding carboxylic acids is 17. The van der Waals surface area contributed by atoms with Crippen LogP contribution in [0.3, 0.4) is 0 Å². The number of hydrogen-bond donors (Lipinski definition) is 21. The summed E-state index contributed by atoms with van der Waals surface area (Å²) in [4.78, 5) is 271. The van der Waals surface area contributed by atoms with Crippen LogP contribution in [0.4, 0.5) is 8.78 Å². The van der Waals surface area contributed by atoms with Crippen molar-refractivity contribution in [2.45, 2.75) is 190 Å². The van der Waals surface area contributed by atoms with Crippen LogP contribution in [0.2, 0.25) is 0 Å². The van der Waals surface area contributed by atoms with Gasteiger partial charge in [-0.15, -0.1) is 0 Å². The van der Waals surface area contributed by atoms with Gasteiger partial charge in [0.15, 0.2) is 35.2 Å². The van der Waals surface area contributed by atoms with E-state index in [0.717, 1.165) is 23.3 Å². The predicted octanol–water partition coefficient (Wildman–Crippen LogP) is -2.41. The molecule has 0 radical (unpaired) electrons. The highest BCUT2D eigenvalue weighted by atomic mass is 19.1. The Morgan fingerprint density at radius 2 is 0.655 bits per heavy atom. The minimum absolute atomic E-state index is 0.00882. The molecule has 11 amide bonds. The molecule has 3 unspecified atom stereocenters. The van der Waals surface area contributed by atoms with Crippen LogP contribution in [0.25, 0.3) is 0 Å². The fourth-order valence-electron chi connectivity index (χ4n) is 15.6. The number of carbonyl (C=O) groups is 20. The largest absolute Gasteiger partial charge is 0.481 e. The quantitative estimate of drug-likeness (QED) is 0.0132. The smallest absolute Gasteiger partial charge is 0.305 e. The Balaban J connectivity index is 0.000000321. The minimum atomic E-state index is -1.49. The van der Waals surface area contributed by atoms with E-state index < -0.39 is 247 Å². The van der Waals surface area contributed by atoms with Gasteiger partial charge in [0.05, 0.1) is 57.0 Å². The predicted molar refractivity (Wildman–Crippen MR) is 498 cm³/mol. The summed E-state index contributed by atoms with van der Waals surface area (Å²) in [7, 11) is 0. The Bertz CT molecular complexity index is 5020. The monoisotopic (exact) mass is 1940 g/mol. The first-order valence-electron chi connectivity index (χ1n) is 45.5. The summed E-state index contributed by atoms with van der Waals surface area (Å²) in [6.07, 6.45) is -3.73. The molecular weight excluding hydrogens is 1820 g/mol. The second-order valence-electron chi connectivity index (χ2n) is 34.1. The first-order valence-corrected chi connectivity index (χ1v) is 45.5. The van der Waals surface area contributed by atoms with E-state index in [0.29, 0.717) is 12.0 Å². The van der Waals surface area contributed by atoms with Gasteiger partial charge in [-0.2, -0.15) is 0 Å². The van der Waals surface area contributed by atoms with Crippen LogP contribution in [0.5, 0.6) is 0 Å². The third-order valence-corrected chi connectivity index (χ3v) is 23.1. The fourth-order valence-corrected chi connectivity index (χ4v) is 15.6. The Labute approximate surface area is 799 Å². The highest BCUT2D eigenvalue weighted by molar-refractivity contribution is 6.02. The van der Waals surface area contributed by atoms with Gasteiger partial charge in [0, 0.05) is 118 Å². The number of hydrogen-bond acceptors (Lipinski definition) is 24. The number of rotatable bonds is 34. The second kappa shape index (κ2) is 59.2. The topological polar surface area (TPSA) is 754 Å². The Kier molecular flexibility index (Phi) is 48.0. The summed E-state index contributed by atoms with van der Waals surface area (Å²) in [6.45, 7) is -1.37. The number of ketones is 6. The summed E-state index contributed by atoms with van der Waals surface area (Å²) in [5.41, 5.74) is 40.3. The molecule has 4 aromatic rings. The van der Waals surface area contributed by atoms with E-state index in [-0.39, 0.29) is 184 Å². The molecule has 0 aromatic heterocycles. The first-order chi connectivity index (χ1) is 66.1. The van der Waals surface area contributed by atoms with Crippen molar-refractivity contribution in [3.05, 3.63) is 143 Å². The highest BCUT2D eigenvalue weighted by Gasteiger charge is 2.40. The minimum Gasteiger partial charge on any atom is -0.481 e. The molecule has 3 aliphatic heterocycles. The van der Waals surface area contributed by atoms with Crippen LogP contribution >= 0.6 is 0 Å². The lowest BCUT2D eigenvalue weighted by molar-refractivity contribution is -0.141. The number of nitrogens with two attached hydrogens (primary N) is 7. The van der Waals surface area contributed by atoms with Gasteiger partial charge in [-0.1, -0.05) is 91.0 Å². The number of Topliss-reactive ketones (excluding diaryl/α,β-unsaturated/α-hetero) is 6. The molecule has 4 fully saturated rings. The molecule has 12 atom stereocenters. The number of guanidine groups is 3. The van der Waals surface area contributed by atoms with Crippen molar-refractivity contribution in [1.82, 2.24) is 58.5 Å². The van der Waals surface area contributed by atoms with Crippen molar-refractivity contribution in [1.29, 1.82) is 0 Å². The zero-order chi connectivity index (χ0) is 102. The Morgan fingerprint density at radius 3 is 0.942 bits per heavy atom. The maximum absolute atomic E-state index is 13.9. The van der Waals surface area contributed by atoms with Crippen molar-refractivity contribution < 1.29 is 120 Å². The van der Waals surface area contributed by atoms with E-state index >= 15 is 0 Å². The van der Waals surface area contributed by atoms with Crippen molar-refractivity contribution in [3.8, 4) is 0 Å². The summed E-state index contributed by atoms with van der Waals surface area (Å²) >= 11 is 0. The van der Waals surface area contributed by atoms with Crippen molar-refractivity contribution >= 4 is 135 Å². The molecule has 1 saturated carbocycles. The van der Waals surface area contributed by atoms with E-state index in [4.69, 9.17) is 40.1 Å². The highest BCUT2D eigenvalue weighted by Crippen LogP contribution is 2.31. The number of halogens is 2. The zero-order valence-corrected chi connectivity index (χ0v) is 76.8. The van der Waals surface area contributed by atoms with Crippen LogP contribution in [0, 0.1) is 47.2 Å². The van der Waals surface area contributed by atoms with E-state index in [1.54, 1.807) is 91.0 Å². The summed E-state index contributed by atoms with van der Waals surface area (Å²) in [6, 6.07) is 23.5. The second-order valence-corrected chi connectivity index (χ2v) is 34.1. The lowest BCUT2D eigenvalue weighted by Crippen LogP contribution is -2.52. The average molecular weight is 1940 g/mol. The number of aliphatic imine (C=N–C) groups is 3. The van der Waals surface area contributed by atoms with E-state index in [1.165, 1.54) is 12.1 Å². The van der Waals surface area contributed by atoms with Gasteiger partial charge in [-0.25, -0.2) is 8.78 Å². The van der Waals surface area contributed by atoms with Crippen molar-refractivity contribution in [3.63, 3.8) is 0 Å². The molecule has 3 saturated heterocycles. The van der Waals surface area contributed by atoms with Crippen LogP contribution in [0.1, 0.15) is 155 Å². The van der Waals surface area contributed by atoms with Crippen LogP contribution < -0.4 is 98.6 Å². The van der Waals surface area contributed by atoms with Gasteiger partial charge in [0.2, 0.25) is 59.1 Å². The molecule has 4 aliphatic rings. The molecule has 46 heteroatoms. The molecule has 4 aromatic carbocycles. The van der Waals surface area contributed by atoms with Crippen LogP contribution in [-0.2, 0) is 110 Å². The van der Waals surface area contributed by atoms with Gasteiger partial charge in [-0.05, 0) is 137 Å². The molecular formula is C93H125F2N21O23. The summed E-state index contributed by atoms with van der Waals surface area (Å²) in [5, 5.41) is 55.8. The number of aliphatic carboxylic acids is 3. The van der Waals surface area contributed by atoms with E-state index in [2.05, 4.69) is 73.5 Å². The van der Waals surface area contributed by atoms with Gasteiger partial charge >= 0.3 is 17.9 Å². The standard InChI is InChI=1S/C34H42FN7O8.C32H44FN7O8.C27H39N7O7/c35-24-10-8-21(9-11-24)31(48)38-14-12-22-16-27(43)23(15-20-5-2-1-3-6-20)17-28(44)26(18-30(46)47)41-29(45)19-40-33(50)25(42-32(22)49)7-4-13-39-34(36)37;33-22-12-21(13-22)29(46)36-10-8-19-14-25(41)20(11-18-5-2-1-3-6-18)15-26(42)24(16-28(44)45)39-27(43)17-38-31(48)23(40-30(19)47)7-4-9-37-32(34)35;28-9-8-17-12-21(35)18(11-16-5-2-1-3-6-16)13-22(36)20(14-24(38)39)33-23(37)15-32-26(41)19(34-25(17)40)7-4-10-31-27(29)30/h1-3,5-6,8-11,22-23,25-26H,4,7,12-19H2,(H,38,48)(H,40,50)(H,41,45)(H,42,49)(H,46,47)(H4,36,37,39);1-3,5-6,19-24H,4,7-17H2,(H,36,46)(H,38,48)(H,39,43)(H,40,47)(H,44,45)(H4,34,35,37);1-3,5-6,17-20H,4,7-15,28H2,(H,32,41)(H,33,37)(H,34,40)(H,38,39)(H4,29,30,31)/t22-,23-,25+,26?;19-,20-,21?,22?,23+,24?;17-,18-,19+,20?/m111/s1. The molecule has 1 aliphatic carbocycles. The molecule has 3 heterocycles. The van der Waals surface area contributed by atoms with Gasteiger partial charge in [-0.3, -0.25) is 111 Å². The van der Waals surface area contributed by atoms with Gasteiger partial charge in [0.1, 0.15) is 47.5 Å². The molecule has 8 rings (SSSR count). The van der Waals surface area contributed by atoms with Crippen LogP contribution in [-0.4, -0.2) is 252 Å². The lowest BCUT2D eigenvalue weighted by atomic mass is 9.82. The SMILES string of the molecule is NC(N)=NCCC[C@@H]1NC(=O)[C@H](CCNC(=O)C2CC(F)C2)CC(=O)[C@H](Cc2ccccc2)CC(=O)C(CC(=O)O)NC(=O)CNC1=O.NC(N)=NCCC[C@@H]1NC(=O)[C@H](CCNC(=O)c2ccc(F)cc2)CC(=O)[C@H](Cc2ccccc2)CC(=O)C(CC(=O)O)NC(=O)CNC1=O.NCC[C@@H]1CC(=O)[C@H](Cc2ccccc2)CC(=O)C(CC(=O)O)NC(=O)CNC(=O)[C@H](CCCN=C(N)N)NC1=O. The van der Waals surface area contributed by atoms with Gasteiger partial charge < -0.3 is 114 Å². The number of alkyl halides is 1. The number of nitrogens with zero attached hydrogens (tertiary/aromatic N) is 3. The molecule has 44 nitrogen and oxygen atoms in total. The fraction of sp³-hybridized carbons (Fsp3) is 0.495. The molecule has 0 spiro atoms. The van der Waals surface area contributed by atoms with E-state index in [1.807, 2.05) is 0 Å². The van der Waals surface area contributed by atoms with Crippen LogP contribution in [0.15, 0.2) is 130 Å². The summed E-state index contributed by atoms with van der Waals surface area (Å²) in [5.74, 6) is -22.3. The Hall–Kier alpha value is -14.9. The number of benzene rings is 4. The maximum Gasteiger partial charge on any atom is 0.305 e. The summed E-state index contributed by atoms with van der Waals surface area (Å²) < 4.78 is 26.6. The van der Waals surface area contributed by atoms with Gasteiger partial charge in [0.25, 0.3) is 5.91 Å². The molecule has 754 valence electrons. The number of carboxylic acids is 3. The lowest BCUT2D eigenvalue weighted by Gasteiger charge is -2.28. The molecule has 0 bridgehead atoms. The Morgan fingerprint density at radius 1 is 0.360 bits per heavy atom. The third-order valence-electron chi connectivity index (χ3n) is 23.1. The average Bonchev–Trinajstić information content (AvgIpc) is 1.84. The normalized spacial score (nSPS) is 23.1. The maximum atomic E-state index is 13.9.